The van der Waals surface area contributed by atoms with Gasteiger partial charge in [-0.05, 0) is 0 Å². The third kappa shape index (κ3) is 3.80. The van der Waals surface area contributed by atoms with Crippen molar-refractivity contribution in [2.75, 3.05) is 39.6 Å². The van der Waals surface area contributed by atoms with Crippen LogP contribution in [0, 0.1) is 0 Å². The maximum atomic E-state index is 5.35. The molecule has 0 unspecified atom stereocenters. The van der Waals surface area contributed by atoms with Gasteiger partial charge in [-0.25, -0.2) is 0 Å². The summed E-state index contributed by atoms with van der Waals surface area (Å²) in [6, 6.07) is 0. The molecule has 0 saturated carbocycles. The Hall–Kier alpha value is 0.877. The Balaban J connectivity index is 1.46. The van der Waals surface area contributed by atoms with Gasteiger partial charge in [0.2, 0.25) is 0 Å². The van der Waals surface area contributed by atoms with Gasteiger partial charge < -0.3 is 0 Å². The summed E-state index contributed by atoms with van der Waals surface area (Å²) in [6.45, 7) is 3.63. The van der Waals surface area contributed by atoms with Crippen molar-refractivity contribution >= 4 is 31.4 Å². The Bertz CT molecular complexity index is 140. The van der Waals surface area contributed by atoms with E-state index in [-0.39, 0.29) is 0 Å². The quantitative estimate of drug-likeness (QED) is 0.480. The molecule has 6 nitrogen and oxygen atoms in total. The van der Waals surface area contributed by atoms with E-state index in [0.717, 1.165) is 0 Å². The van der Waals surface area contributed by atoms with E-state index < -0.39 is 31.4 Å². The third-order valence-corrected chi connectivity index (χ3v) is 6.38. The van der Waals surface area contributed by atoms with Crippen molar-refractivity contribution in [2.24, 2.45) is 0 Å². The monoisotopic (exact) mass is 330 g/mol. The van der Waals surface area contributed by atoms with E-state index in [1.165, 1.54) is 0 Å². The minimum atomic E-state index is -1.86. The van der Waals surface area contributed by atoms with Crippen LogP contribution in [0.4, 0.5) is 0 Å². The van der Waals surface area contributed by atoms with Crippen LogP contribution in [0.25, 0.3) is 0 Å². The fourth-order valence-electron chi connectivity index (χ4n) is 0.894. The topological polar surface area (TPSA) is 55.4 Å². The zero-order chi connectivity index (χ0) is 9.64. The van der Waals surface area contributed by atoms with E-state index in [1.807, 2.05) is 0 Å². The molecule has 0 aromatic carbocycles. The predicted molar refractivity (Wildman–Crippen MR) is 47.2 cm³/mol. The molecule has 2 rings (SSSR count). The van der Waals surface area contributed by atoms with Gasteiger partial charge in [-0.15, -0.1) is 0 Å². The molecule has 8 heteroatoms. The summed E-state index contributed by atoms with van der Waals surface area (Å²) in [5, 5.41) is 0. The van der Waals surface area contributed by atoms with Gasteiger partial charge in [0.05, 0.1) is 0 Å². The number of rotatable bonds is 5. The molecule has 82 valence electrons. The Kier molecular flexibility index (Phi) is 5.24. The first kappa shape index (κ1) is 11.4. The Morgan fingerprint density at radius 1 is 0.714 bits per heavy atom. The maximum absolute atomic E-state index is 5.35. The molecule has 2 aliphatic rings. The SMILES string of the molecule is C1CO[As](OCCO[As]2OCCO2)O1. The normalized spacial score (nSPS) is 24.9. The van der Waals surface area contributed by atoms with Crippen molar-refractivity contribution in [2.45, 2.75) is 0 Å². The van der Waals surface area contributed by atoms with Crippen LogP contribution < -0.4 is 0 Å². The zero-order valence-corrected chi connectivity index (χ0v) is 11.3. The van der Waals surface area contributed by atoms with Crippen LogP contribution in [-0.4, -0.2) is 71.0 Å². The molecule has 2 aliphatic heterocycles. The molecule has 0 spiro atoms. The minimum absolute atomic E-state index is 0.498. The second-order valence-corrected chi connectivity index (χ2v) is 7.57. The standard InChI is InChI=1S/C6H12As2O6/c1-2-10-7(9-1)13-5-6-14-8-11-3-4-12-8/h1-6H2. The van der Waals surface area contributed by atoms with Crippen molar-refractivity contribution in [3.8, 4) is 0 Å². The van der Waals surface area contributed by atoms with Gasteiger partial charge in [0.25, 0.3) is 0 Å². The molecule has 14 heavy (non-hydrogen) atoms. The Morgan fingerprint density at radius 3 is 1.43 bits per heavy atom. The second kappa shape index (κ2) is 6.46. The molecular formula is C6H12As2O6. The van der Waals surface area contributed by atoms with E-state index in [9.17, 15) is 0 Å². The molecular weight excluding hydrogens is 318 g/mol. The molecule has 0 aliphatic carbocycles. The van der Waals surface area contributed by atoms with E-state index in [4.69, 9.17) is 22.4 Å². The van der Waals surface area contributed by atoms with Gasteiger partial charge in [0.15, 0.2) is 0 Å². The first-order valence-electron chi connectivity index (χ1n) is 4.33. The molecule has 0 N–H and O–H groups in total. The van der Waals surface area contributed by atoms with E-state index in [1.54, 1.807) is 0 Å². The molecule has 2 saturated heterocycles. The molecule has 2 fully saturated rings. The van der Waals surface area contributed by atoms with Crippen LogP contribution >= 0.6 is 0 Å². The fourth-order valence-corrected chi connectivity index (χ4v) is 4.65. The average Bonchev–Trinajstić information content (AvgIpc) is 2.86. The van der Waals surface area contributed by atoms with E-state index in [2.05, 4.69) is 0 Å². The predicted octanol–water partition coefficient (Wildman–Crippen LogP) is -0.917. The number of hydrogen-bond donors (Lipinski definition) is 0. The molecule has 0 bridgehead atoms. The Labute approximate surface area is 93.4 Å². The van der Waals surface area contributed by atoms with Gasteiger partial charge in [-0.2, -0.15) is 0 Å². The van der Waals surface area contributed by atoms with Crippen LogP contribution in [0.15, 0.2) is 0 Å². The second-order valence-electron chi connectivity index (χ2n) is 2.45. The molecule has 0 aromatic heterocycles. The molecule has 0 radical (unpaired) electrons. The summed E-state index contributed by atoms with van der Waals surface area (Å²) >= 11 is -3.71. The van der Waals surface area contributed by atoms with Crippen LogP contribution in [0.5, 0.6) is 0 Å². The summed E-state index contributed by atoms with van der Waals surface area (Å²) in [4.78, 5) is 0. The summed E-state index contributed by atoms with van der Waals surface area (Å²) in [5.74, 6) is 0. The first-order valence-corrected chi connectivity index (χ1v) is 8.92. The van der Waals surface area contributed by atoms with Gasteiger partial charge in [-0.1, -0.05) is 0 Å². The molecule has 2 heterocycles. The summed E-state index contributed by atoms with van der Waals surface area (Å²) in [6.07, 6.45) is 0. The van der Waals surface area contributed by atoms with E-state index >= 15 is 0 Å². The van der Waals surface area contributed by atoms with Crippen LogP contribution in [0.2, 0.25) is 0 Å². The number of hydrogen-bond acceptors (Lipinski definition) is 6. The van der Waals surface area contributed by atoms with Crippen molar-refractivity contribution in [1.29, 1.82) is 0 Å². The van der Waals surface area contributed by atoms with Gasteiger partial charge in [0, 0.05) is 0 Å². The molecule has 0 atom stereocenters. The first-order chi connectivity index (χ1) is 6.95. The van der Waals surface area contributed by atoms with Crippen LogP contribution in [0.3, 0.4) is 0 Å². The van der Waals surface area contributed by atoms with Crippen molar-refractivity contribution in [1.82, 2.24) is 0 Å². The van der Waals surface area contributed by atoms with Gasteiger partial charge in [-0.3, -0.25) is 0 Å². The summed E-state index contributed by atoms with van der Waals surface area (Å²) in [7, 11) is 0. The third-order valence-electron chi connectivity index (χ3n) is 1.43. The summed E-state index contributed by atoms with van der Waals surface area (Å²) < 4.78 is 31.6. The van der Waals surface area contributed by atoms with Crippen LogP contribution in [-0.2, 0) is 22.4 Å². The van der Waals surface area contributed by atoms with Gasteiger partial charge in [0.1, 0.15) is 0 Å². The Morgan fingerprint density at radius 2 is 1.07 bits per heavy atom. The van der Waals surface area contributed by atoms with Crippen molar-refractivity contribution in [3.63, 3.8) is 0 Å². The van der Waals surface area contributed by atoms with Crippen LogP contribution in [0.1, 0.15) is 0 Å². The fraction of sp³-hybridized carbons (Fsp3) is 1.00. The average molecular weight is 330 g/mol. The molecule has 0 aromatic rings. The van der Waals surface area contributed by atoms with E-state index in [0.29, 0.717) is 39.6 Å². The van der Waals surface area contributed by atoms with Crippen molar-refractivity contribution < 1.29 is 22.4 Å². The zero-order valence-electron chi connectivity index (χ0n) is 7.59. The molecule has 0 amide bonds. The van der Waals surface area contributed by atoms with Crippen molar-refractivity contribution in [3.05, 3.63) is 0 Å². The van der Waals surface area contributed by atoms with Gasteiger partial charge >= 0.3 is 93.3 Å². The summed E-state index contributed by atoms with van der Waals surface area (Å²) in [5.41, 5.74) is 0.